The first-order chi connectivity index (χ1) is 14.4. The third-order valence-electron chi connectivity index (χ3n) is 5.15. The van der Waals surface area contributed by atoms with Gasteiger partial charge < -0.3 is 9.84 Å². The van der Waals surface area contributed by atoms with Gasteiger partial charge in [0, 0.05) is 0 Å². The van der Waals surface area contributed by atoms with Crippen molar-refractivity contribution < 1.29 is 74.2 Å². The molecule has 2 aromatic rings. The van der Waals surface area contributed by atoms with Gasteiger partial charge in [-0.2, -0.15) is 8.42 Å². The van der Waals surface area contributed by atoms with E-state index in [9.17, 15) is 18.1 Å². The second-order valence-electron chi connectivity index (χ2n) is 7.73. The summed E-state index contributed by atoms with van der Waals surface area (Å²) in [5.41, 5.74) is 0.513. The summed E-state index contributed by atoms with van der Waals surface area (Å²) in [5, 5.41) is 12.0. The van der Waals surface area contributed by atoms with E-state index in [1.807, 2.05) is 6.07 Å². The van der Waals surface area contributed by atoms with Crippen molar-refractivity contribution in [3.05, 3.63) is 48.0 Å². The van der Waals surface area contributed by atoms with Crippen LogP contribution in [0.2, 0.25) is 0 Å². The third-order valence-corrected chi connectivity index (χ3v) is 6.01. The molecule has 0 saturated carbocycles. The normalized spacial score (nSPS) is 11.2. The topological polar surface area (TPSA) is 86.7 Å². The summed E-state index contributed by atoms with van der Waals surface area (Å²) in [6.07, 6.45) is 12.4. The van der Waals surface area contributed by atoms with E-state index >= 15 is 0 Å². The summed E-state index contributed by atoms with van der Waals surface area (Å²) in [5.74, 6) is 0.0368. The van der Waals surface area contributed by atoms with Crippen molar-refractivity contribution in [3.8, 4) is 17.2 Å². The Morgan fingerprint density at radius 3 is 1.97 bits per heavy atom. The van der Waals surface area contributed by atoms with E-state index in [-0.39, 0.29) is 57.1 Å². The molecule has 0 fully saturated rings. The maximum atomic E-state index is 12.0. The minimum atomic E-state index is -4.58. The first-order valence-corrected chi connectivity index (χ1v) is 12.4. The van der Waals surface area contributed by atoms with Gasteiger partial charge >= 0.3 is 51.4 Å². The van der Waals surface area contributed by atoms with Crippen LogP contribution < -0.4 is 61.2 Å². The Kier molecular flexibility index (Phi) is 14.2. The van der Waals surface area contributed by atoms with Gasteiger partial charge in [0.1, 0.15) is 10.6 Å². The zero-order valence-corrected chi connectivity index (χ0v) is 22.7. The van der Waals surface area contributed by atoms with Crippen LogP contribution in [0.4, 0.5) is 0 Å². The maximum Gasteiger partial charge on any atom is 1.00 e. The fraction of sp³-hybridized carbons (Fsp3) is 0.500. The third kappa shape index (κ3) is 10.8. The average Bonchev–Trinajstić information content (AvgIpc) is 2.71. The number of aryl methyl sites for hydroxylation is 1. The molecule has 5 nitrogen and oxygen atoms in total. The van der Waals surface area contributed by atoms with Crippen LogP contribution >= 0.6 is 0 Å². The summed E-state index contributed by atoms with van der Waals surface area (Å²) in [4.78, 5) is -0.471. The van der Waals surface area contributed by atoms with E-state index in [1.165, 1.54) is 51.0 Å². The number of para-hydroxylation sites is 1. The second-order valence-corrected chi connectivity index (χ2v) is 9.12. The van der Waals surface area contributed by atoms with Crippen molar-refractivity contribution in [2.45, 2.75) is 82.4 Å². The number of benzene rings is 2. The molecule has 31 heavy (non-hydrogen) atoms. The number of unbranched alkanes of at least 4 members (excludes halogenated alkanes) is 9. The molecule has 0 amide bonds. The van der Waals surface area contributed by atoms with Crippen LogP contribution in [0.15, 0.2) is 47.4 Å². The molecule has 0 radical (unpaired) electrons. The van der Waals surface area contributed by atoms with E-state index < -0.39 is 20.8 Å². The Bertz CT molecular complexity index is 869. The fourth-order valence-corrected chi connectivity index (χ4v) is 4.21. The number of hydrogen-bond acceptors (Lipinski definition) is 4. The van der Waals surface area contributed by atoms with Gasteiger partial charge in [-0.15, -0.1) is 5.75 Å². The molecule has 166 valence electrons. The van der Waals surface area contributed by atoms with Gasteiger partial charge in [0.25, 0.3) is 10.1 Å². The van der Waals surface area contributed by atoms with E-state index in [0.29, 0.717) is 17.7 Å². The van der Waals surface area contributed by atoms with Gasteiger partial charge in [0.05, 0.1) is 0 Å². The summed E-state index contributed by atoms with van der Waals surface area (Å²) in [6.45, 7) is 2.22. The number of ether oxygens (including phenoxy) is 1. The largest absolute Gasteiger partial charge is 1.00 e. The summed E-state index contributed by atoms with van der Waals surface area (Å²) in [7, 11) is -4.58. The van der Waals surface area contributed by atoms with Crippen molar-refractivity contribution in [1.29, 1.82) is 0 Å². The van der Waals surface area contributed by atoms with Crippen LogP contribution in [-0.2, 0) is 16.5 Å². The molecule has 2 rings (SSSR count). The minimum absolute atomic E-state index is 0. The Hall–Kier alpha value is -0.414. The predicted octanol–water partition coefficient (Wildman–Crippen LogP) is 3.27. The molecule has 0 saturated heterocycles. The van der Waals surface area contributed by atoms with E-state index in [0.717, 1.165) is 25.3 Å². The van der Waals surface area contributed by atoms with Crippen LogP contribution in [0.1, 0.15) is 76.7 Å². The molecule has 0 spiro atoms. The molecule has 0 aromatic heterocycles. The monoisotopic (exact) mass is 472 g/mol. The van der Waals surface area contributed by atoms with Crippen LogP contribution in [0, 0.1) is 0 Å². The van der Waals surface area contributed by atoms with Crippen molar-refractivity contribution in [2.75, 3.05) is 0 Å². The quantitative estimate of drug-likeness (QED) is 0.259. The molecule has 2 aromatic carbocycles. The first-order valence-electron chi connectivity index (χ1n) is 11.0. The molecule has 7 heteroatoms. The van der Waals surface area contributed by atoms with E-state index in [2.05, 4.69) is 6.92 Å². The van der Waals surface area contributed by atoms with Crippen LogP contribution in [0.3, 0.4) is 0 Å². The zero-order valence-electron chi connectivity index (χ0n) is 18.8. The SMILES string of the molecule is CCCCCCCCCCCCc1cc([O-])cc(S(=O)(=O)O)c1Oc1ccccc1.[K+]. The molecule has 1 N–H and O–H groups in total. The Morgan fingerprint density at radius 1 is 0.871 bits per heavy atom. The average molecular weight is 473 g/mol. The molecule has 0 aliphatic rings. The zero-order chi connectivity index (χ0) is 21.8. The van der Waals surface area contributed by atoms with E-state index in [1.54, 1.807) is 24.3 Å². The van der Waals surface area contributed by atoms with Crippen molar-refractivity contribution in [1.82, 2.24) is 0 Å². The smallest absolute Gasteiger partial charge is 0.872 e. The maximum absolute atomic E-state index is 12.0. The standard InChI is InChI=1S/C24H34O5S.K/c1-2-3-4-5-6-7-8-9-10-12-15-20-18-21(25)19-23(30(26,27)28)24(20)29-22-16-13-11-14-17-22;/h11,13-14,16-19,25H,2-10,12,15H2,1H3,(H,26,27,28);/q;+1/p-1. The van der Waals surface area contributed by atoms with Gasteiger partial charge in [0.2, 0.25) is 0 Å². The van der Waals surface area contributed by atoms with Gasteiger partial charge in [-0.1, -0.05) is 89.0 Å². The minimum Gasteiger partial charge on any atom is -0.872 e. The van der Waals surface area contributed by atoms with Gasteiger partial charge in [-0.25, -0.2) is 0 Å². The van der Waals surface area contributed by atoms with Crippen LogP contribution in [-0.4, -0.2) is 13.0 Å². The predicted molar refractivity (Wildman–Crippen MR) is 118 cm³/mol. The molecular weight excluding hydrogens is 439 g/mol. The number of rotatable bonds is 14. The summed E-state index contributed by atoms with van der Waals surface area (Å²) >= 11 is 0. The summed E-state index contributed by atoms with van der Waals surface area (Å²) in [6, 6.07) is 11.1. The van der Waals surface area contributed by atoms with Crippen molar-refractivity contribution >= 4 is 10.1 Å². The van der Waals surface area contributed by atoms with Crippen LogP contribution in [0.25, 0.3) is 0 Å². The van der Waals surface area contributed by atoms with Crippen molar-refractivity contribution in [2.24, 2.45) is 0 Å². The van der Waals surface area contributed by atoms with Gasteiger partial charge in [0.15, 0.2) is 5.75 Å². The molecule has 0 bridgehead atoms. The Balaban J connectivity index is 0.00000480. The van der Waals surface area contributed by atoms with E-state index in [4.69, 9.17) is 4.74 Å². The molecule has 0 heterocycles. The van der Waals surface area contributed by atoms with Crippen LogP contribution in [0.5, 0.6) is 17.2 Å². The molecular formula is C24H33KO5S. The number of hydrogen-bond donors (Lipinski definition) is 1. The Morgan fingerprint density at radius 2 is 1.42 bits per heavy atom. The summed E-state index contributed by atoms with van der Waals surface area (Å²) < 4.78 is 39.0. The van der Waals surface area contributed by atoms with Crippen molar-refractivity contribution in [3.63, 3.8) is 0 Å². The Labute approximate surface area is 229 Å². The molecule has 0 aliphatic carbocycles. The fourth-order valence-electron chi connectivity index (χ4n) is 3.53. The van der Waals surface area contributed by atoms with Gasteiger partial charge in [-0.3, -0.25) is 4.55 Å². The second kappa shape index (κ2) is 15.4. The first kappa shape index (κ1) is 28.6. The molecule has 0 aliphatic heterocycles. The molecule has 0 unspecified atom stereocenters. The molecule has 0 atom stereocenters. The van der Waals surface area contributed by atoms with Gasteiger partial charge in [-0.05, 0) is 36.6 Å².